The van der Waals surface area contributed by atoms with Crippen molar-refractivity contribution in [3.8, 4) is 0 Å². The fourth-order valence-electron chi connectivity index (χ4n) is 3.23. The number of rotatable bonds is 5. The van der Waals surface area contributed by atoms with Crippen LogP contribution in [0.4, 0.5) is 0 Å². The summed E-state index contributed by atoms with van der Waals surface area (Å²) in [5.41, 5.74) is 1.26. The molecule has 0 saturated heterocycles. The first-order valence-corrected chi connectivity index (χ1v) is 9.72. The summed E-state index contributed by atoms with van der Waals surface area (Å²) in [5.74, 6) is 0.347. The van der Waals surface area contributed by atoms with Gasteiger partial charge in [0.15, 0.2) is 0 Å². The summed E-state index contributed by atoms with van der Waals surface area (Å²) in [6.07, 6.45) is 3.92. The lowest BCUT2D eigenvalue weighted by Gasteiger charge is -2.21. The highest BCUT2D eigenvalue weighted by molar-refractivity contribution is 7.89. The van der Waals surface area contributed by atoms with Crippen LogP contribution in [0, 0.1) is 5.92 Å². The van der Waals surface area contributed by atoms with E-state index in [1.165, 1.54) is 5.56 Å². The lowest BCUT2D eigenvalue weighted by atomic mass is 9.95. The minimum Gasteiger partial charge on any atom is -0.208 e. The van der Waals surface area contributed by atoms with Gasteiger partial charge < -0.3 is 0 Å². The van der Waals surface area contributed by atoms with Gasteiger partial charge in [-0.3, -0.25) is 0 Å². The van der Waals surface area contributed by atoms with Gasteiger partial charge in [-0.05, 0) is 55.0 Å². The van der Waals surface area contributed by atoms with Crippen LogP contribution in [-0.4, -0.2) is 14.5 Å². The second-order valence-corrected chi connectivity index (χ2v) is 8.21. The van der Waals surface area contributed by atoms with Crippen LogP contribution in [0.5, 0.6) is 0 Å². The van der Waals surface area contributed by atoms with Gasteiger partial charge >= 0.3 is 0 Å². The molecule has 0 aliphatic heterocycles. The normalized spacial score (nSPS) is 21.4. The summed E-state index contributed by atoms with van der Waals surface area (Å²) in [4.78, 5) is 0.271. The van der Waals surface area contributed by atoms with E-state index in [1.54, 1.807) is 24.3 Å². The molecule has 23 heavy (non-hydrogen) atoms. The van der Waals surface area contributed by atoms with Crippen LogP contribution < -0.4 is 4.72 Å². The van der Waals surface area contributed by atoms with Crippen molar-refractivity contribution in [3.63, 3.8) is 0 Å². The van der Waals surface area contributed by atoms with Gasteiger partial charge in [0.05, 0.1) is 4.90 Å². The second kappa shape index (κ2) is 7.04. The summed E-state index contributed by atoms with van der Waals surface area (Å²) >= 11 is 5.83. The quantitative estimate of drug-likeness (QED) is 0.885. The van der Waals surface area contributed by atoms with E-state index in [0.29, 0.717) is 10.9 Å². The molecule has 0 bridgehead atoms. The average Bonchev–Trinajstić information content (AvgIpc) is 2.95. The van der Waals surface area contributed by atoms with Crippen molar-refractivity contribution in [2.24, 2.45) is 5.92 Å². The molecular formula is C18H20ClNO2S. The molecule has 2 aromatic carbocycles. The molecule has 3 rings (SSSR count). The minimum atomic E-state index is -3.49. The minimum absolute atomic E-state index is 0.00381. The first-order chi connectivity index (χ1) is 11.0. The van der Waals surface area contributed by atoms with E-state index in [9.17, 15) is 8.42 Å². The van der Waals surface area contributed by atoms with Gasteiger partial charge in [-0.15, -0.1) is 0 Å². The van der Waals surface area contributed by atoms with E-state index in [2.05, 4.69) is 16.9 Å². The van der Waals surface area contributed by atoms with Crippen LogP contribution >= 0.6 is 11.6 Å². The third-order valence-electron chi connectivity index (χ3n) is 4.43. The molecule has 1 aliphatic carbocycles. The van der Waals surface area contributed by atoms with E-state index < -0.39 is 10.0 Å². The van der Waals surface area contributed by atoms with E-state index in [4.69, 9.17) is 11.6 Å². The summed E-state index contributed by atoms with van der Waals surface area (Å²) in [6, 6.07) is 16.5. The van der Waals surface area contributed by atoms with Crippen molar-refractivity contribution in [3.05, 3.63) is 65.2 Å². The lowest BCUT2D eigenvalue weighted by Crippen LogP contribution is -2.38. The van der Waals surface area contributed by atoms with Gasteiger partial charge in [0, 0.05) is 11.1 Å². The molecule has 0 aromatic heterocycles. The van der Waals surface area contributed by atoms with Crippen LogP contribution in [0.15, 0.2) is 59.5 Å². The van der Waals surface area contributed by atoms with E-state index in [0.717, 1.165) is 25.7 Å². The Morgan fingerprint density at radius 3 is 2.39 bits per heavy atom. The summed E-state index contributed by atoms with van der Waals surface area (Å²) in [6.45, 7) is 0. The van der Waals surface area contributed by atoms with Crippen molar-refractivity contribution >= 4 is 21.6 Å². The Kier molecular flexibility index (Phi) is 5.05. The largest absolute Gasteiger partial charge is 0.240 e. The fourth-order valence-corrected chi connectivity index (χ4v) is 4.70. The monoisotopic (exact) mass is 349 g/mol. The third-order valence-corrected chi connectivity index (χ3v) is 6.19. The van der Waals surface area contributed by atoms with E-state index >= 15 is 0 Å². The molecule has 2 unspecified atom stereocenters. The van der Waals surface area contributed by atoms with Crippen LogP contribution in [0.3, 0.4) is 0 Å². The highest BCUT2D eigenvalue weighted by atomic mass is 35.5. The molecule has 1 fully saturated rings. The Balaban J connectivity index is 1.72. The van der Waals surface area contributed by atoms with Gasteiger partial charge in [0.2, 0.25) is 10.0 Å². The van der Waals surface area contributed by atoms with Crippen molar-refractivity contribution in [1.29, 1.82) is 0 Å². The Morgan fingerprint density at radius 2 is 1.70 bits per heavy atom. The summed E-state index contributed by atoms with van der Waals surface area (Å²) in [7, 11) is -3.49. The van der Waals surface area contributed by atoms with Crippen LogP contribution in [-0.2, 0) is 16.4 Å². The molecule has 5 heteroatoms. The Labute approximate surface area is 142 Å². The number of nitrogens with one attached hydrogen (secondary N) is 1. The van der Waals surface area contributed by atoms with Gasteiger partial charge in [-0.2, -0.15) is 0 Å². The van der Waals surface area contributed by atoms with Gasteiger partial charge in [-0.1, -0.05) is 48.4 Å². The van der Waals surface area contributed by atoms with Crippen LogP contribution in [0.25, 0.3) is 0 Å². The Morgan fingerprint density at radius 1 is 1.00 bits per heavy atom. The number of sulfonamides is 1. The maximum Gasteiger partial charge on any atom is 0.240 e. The zero-order valence-corrected chi connectivity index (χ0v) is 14.4. The molecule has 0 heterocycles. The maximum absolute atomic E-state index is 12.5. The predicted molar refractivity (Wildman–Crippen MR) is 93.0 cm³/mol. The molecule has 1 saturated carbocycles. The summed E-state index contributed by atoms with van der Waals surface area (Å²) < 4.78 is 28.0. The zero-order valence-electron chi connectivity index (χ0n) is 12.8. The van der Waals surface area contributed by atoms with Gasteiger partial charge in [0.1, 0.15) is 0 Å². The smallest absolute Gasteiger partial charge is 0.208 e. The van der Waals surface area contributed by atoms with Crippen molar-refractivity contribution in [2.45, 2.75) is 36.6 Å². The molecular weight excluding hydrogens is 330 g/mol. The molecule has 3 nitrogen and oxygen atoms in total. The highest BCUT2D eigenvalue weighted by Gasteiger charge is 2.31. The topological polar surface area (TPSA) is 46.2 Å². The van der Waals surface area contributed by atoms with Crippen molar-refractivity contribution < 1.29 is 8.42 Å². The molecule has 122 valence electrons. The van der Waals surface area contributed by atoms with Gasteiger partial charge in [0.25, 0.3) is 0 Å². The SMILES string of the molecule is O=S(=O)(NC1CCCC1Cc1ccccc1)c1ccc(Cl)cc1. The van der Waals surface area contributed by atoms with Crippen molar-refractivity contribution in [1.82, 2.24) is 4.72 Å². The van der Waals surface area contributed by atoms with Crippen molar-refractivity contribution in [2.75, 3.05) is 0 Å². The Bertz CT molecular complexity index is 744. The second-order valence-electron chi connectivity index (χ2n) is 6.06. The average molecular weight is 350 g/mol. The lowest BCUT2D eigenvalue weighted by molar-refractivity contribution is 0.442. The first kappa shape index (κ1) is 16.5. The van der Waals surface area contributed by atoms with Crippen LogP contribution in [0.2, 0.25) is 5.02 Å². The number of halogens is 1. The zero-order chi connectivity index (χ0) is 16.3. The number of hydrogen-bond acceptors (Lipinski definition) is 2. The molecule has 2 atom stereocenters. The van der Waals surface area contributed by atoms with Crippen LogP contribution in [0.1, 0.15) is 24.8 Å². The molecule has 1 N–H and O–H groups in total. The molecule has 0 amide bonds. The summed E-state index contributed by atoms with van der Waals surface area (Å²) in [5, 5.41) is 0.534. The Hall–Kier alpha value is -1.36. The number of hydrogen-bond donors (Lipinski definition) is 1. The number of benzene rings is 2. The predicted octanol–water partition coefficient (Wildman–Crippen LogP) is 4.03. The third kappa shape index (κ3) is 4.14. The molecule has 2 aromatic rings. The molecule has 0 radical (unpaired) electrons. The highest BCUT2D eigenvalue weighted by Crippen LogP contribution is 2.30. The van der Waals surface area contributed by atoms with Gasteiger partial charge in [-0.25, -0.2) is 13.1 Å². The van der Waals surface area contributed by atoms with E-state index in [-0.39, 0.29) is 10.9 Å². The first-order valence-electron chi connectivity index (χ1n) is 7.86. The maximum atomic E-state index is 12.5. The molecule has 1 aliphatic rings. The van der Waals surface area contributed by atoms with E-state index in [1.807, 2.05) is 18.2 Å². The fraction of sp³-hybridized carbons (Fsp3) is 0.333. The standard InChI is InChI=1S/C18H20ClNO2S/c19-16-9-11-17(12-10-16)23(21,22)20-18-8-4-7-15(18)13-14-5-2-1-3-6-14/h1-3,5-6,9-12,15,18,20H,4,7-8,13H2. The molecule has 0 spiro atoms.